The zero-order valence-corrected chi connectivity index (χ0v) is 13.4. The first kappa shape index (κ1) is 14.9. The van der Waals surface area contributed by atoms with Crippen LogP contribution in [0.15, 0.2) is 48.1 Å². The molecule has 1 unspecified atom stereocenters. The number of rotatable bonds is 2. The van der Waals surface area contributed by atoms with E-state index in [4.69, 9.17) is 10.5 Å². The van der Waals surface area contributed by atoms with Crippen LogP contribution in [0, 0.1) is 18.3 Å². The highest BCUT2D eigenvalue weighted by molar-refractivity contribution is 5.61. The van der Waals surface area contributed by atoms with Gasteiger partial charge in [-0.1, -0.05) is 12.1 Å². The van der Waals surface area contributed by atoms with Crippen molar-refractivity contribution in [2.24, 2.45) is 5.73 Å². The van der Waals surface area contributed by atoms with Gasteiger partial charge < -0.3 is 15.4 Å². The highest BCUT2D eigenvalue weighted by Crippen LogP contribution is 2.43. The van der Waals surface area contributed by atoms with Crippen molar-refractivity contribution in [3.8, 4) is 11.8 Å². The Balaban J connectivity index is 2.20. The average molecular weight is 306 g/mol. The molecule has 5 nitrogen and oxygen atoms in total. The molecule has 5 heteroatoms. The van der Waals surface area contributed by atoms with Gasteiger partial charge in [-0.2, -0.15) is 5.26 Å². The van der Waals surface area contributed by atoms with Crippen LogP contribution in [0.4, 0.5) is 5.69 Å². The summed E-state index contributed by atoms with van der Waals surface area (Å²) in [5, 5.41) is 9.53. The van der Waals surface area contributed by atoms with Crippen molar-refractivity contribution in [1.29, 1.82) is 5.26 Å². The Kier molecular flexibility index (Phi) is 3.67. The molecule has 0 aliphatic carbocycles. The molecule has 3 rings (SSSR count). The number of hydrogen-bond acceptors (Lipinski definition) is 5. The Morgan fingerprint density at radius 1 is 1.26 bits per heavy atom. The van der Waals surface area contributed by atoms with Gasteiger partial charge in [-0.25, -0.2) is 0 Å². The topological polar surface area (TPSA) is 75.2 Å². The fourth-order valence-electron chi connectivity index (χ4n) is 2.80. The fourth-order valence-corrected chi connectivity index (χ4v) is 2.80. The number of nitrogens with two attached hydrogens (primary N) is 1. The lowest BCUT2D eigenvalue weighted by Gasteiger charge is -2.27. The Bertz CT molecular complexity index is 833. The third-order valence-electron chi connectivity index (χ3n) is 3.95. The molecule has 116 valence electrons. The van der Waals surface area contributed by atoms with Crippen molar-refractivity contribution in [3.63, 3.8) is 0 Å². The van der Waals surface area contributed by atoms with E-state index >= 15 is 0 Å². The van der Waals surface area contributed by atoms with Gasteiger partial charge in [-0.15, -0.1) is 0 Å². The summed E-state index contributed by atoms with van der Waals surface area (Å²) in [6.45, 7) is 1.98. The molecule has 0 spiro atoms. The summed E-state index contributed by atoms with van der Waals surface area (Å²) in [4.78, 5) is 6.24. The molecule has 2 heterocycles. The summed E-state index contributed by atoms with van der Waals surface area (Å²) in [5.74, 6) is 0.578. The molecule has 2 N–H and O–H groups in total. The van der Waals surface area contributed by atoms with Crippen LogP contribution in [0.2, 0.25) is 0 Å². The zero-order valence-electron chi connectivity index (χ0n) is 13.4. The quantitative estimate of drug-likeness (QED) is 0.923. The van der Waals surface area contributed by atoms with Gasteiger partial charge in [0.2, 0.25) is 5.88 Å². The average Bonchev–Trinajstić information content (AvgIpc) is 2.52. The molecule has 0 amide bonds. The largest absolute Gasteiger partial charge is 0.440 e. The molecule has 0 bridgehead atoms. The van der Waals surface area contributed by atoms with Crippen molar-refractivity contribution in [2.45, 2.75) is 12.8 Å². The summed E-state index contributed by atoms with van der Waals surface area (Å²) in [6.07, 6.45) is 3.56. The lowest BCUT2D eigenvalue weighted by atomic mass is 9.84. The lowest BCUT2D eigenvalue weighted by Crippen LogP contribution is -2.21. The van der Waals surface area contributed by atoms with E-state index < -0.39 is 0 Å². The van der Waals surface area contributed by atoms with E-state index in [0.29, 0.717) is 11.3 Å². The maximum Gasteiger partial charge on any atom is 0.205 e. The molecule has 2 aromatic rings. The maximum atomic E-state index is 9.53. The Hall–Kier alpha value is -3.00. The van der Waals surface area contributed by atoms with Crippen LogP contribution in [-0.4, -0.2) is 19.1 Å². The zero-order chi connectivity index (χ0) is 16.6. The molecular formula is C18H18N4O. The smallest absolute Gasteiger partial charge is 0.205 e. The minimum absolute atomic E-state index is 0.155. The summed E-state index contributed by atoms with van der Waals surface area (Å²) < 4.78 is 5.70. The van der Waals surface area contributed by atoms with Crippen LogP contribution in [0.25, 0.3) is 0 Å². The van der Waals surface area contributed by atoms with Gasteiger partial charge in [0.1, 0.15) is 17.4 Å². The SMILES string of the molecule is Cc1cncc(C2C(C#N)=C(N)Oc3cc(N(C)C)ccc32)c1. The molecule has 1 atom stereocenters. The number of fused-ring (bicyclic) bond motifs is 1. The lowest BCUT2D eigenvalue weighted by molar-refractivity contribution is 0.393. The molecular weight excluding hydrogens is 288 g/mol. The standard InChI is InChI=1S/C18H18N4O/c1-11-6-12(10-21-9-11)17-14-5-4-13(22(2)3)7-16(14)23-18(20)15(17)8-19/h4-7,9-10,17H,20H2,1-3H3. The number of allylic oxidation sites excluding steroid dienone is 1. The van der Waals surface area contributed by atoms with Gasteiger partial charge in [-0.05, 0) is 24.1 Å². The number of aryl methyl sites for hydroxylation is 1. The Morgan fingerprint density at radius 2 is 2.04 bits per heavy atom. The summed E-state index contributed by atoms with van der Waals surface area (Å²) in [7, 11) is 3.93. The highest BCUT2D eigenvalue weighted by Gasteiger charge is 2.31. The molecule has 0 radical (unpaired) electrons. The van der Waals surface area contributed by atoms with Crippen molar-refractivity contribution in [1.82, 2.24) is 4.98 Å². The Labute approximate surface area is 135 Å². The second-order valence-corrected chi connectivity index (χ2v) is 5.84. The second-order valence-electron chi connectivity index (χ2n) is 5.84. The first-order valence-electron chi connectivity index (χ1n) is 7.31. The number of anilines is 1. The van der Waals surface area contributed by atoms with Crippen LogP contribution in [-0.2, 0) is 0 Å². The van der Waals surface area contributed by atoms with Crippen molar-refractivity contribution in [2.75, 3.05) is 19.0 Å². The van der Waals surface area contributed by atoms with Gasteiger partial charge in [0.05, 0.1) is 5.92 Å². The number of pyridine rings is 1. The Morgan fingerprint density at radius 3 is 2.70 bits per heavy atom. The minimum atomic E-state index is -0.257. The predicted molar refractivity (Wildman–Crippen MR) is 89.0 cm³/mol. The van der Waals surface area contributed by atoms with Gasteiger partial charge >= 0.3 is 0 Å². The van der Waals surface area contributed by atoms with Crippen LogP contribution in [0.1, 0.15) is 22.6 Å². The van der Waals surface area contributed by atoms with E-state index in [0.717, 1.165) is 22.4 Å². The third kappa shape index (κ3) is 2.59. The summed E-state index contributed by atoms with van der Waals surface area (Å²) in [5.41, 5.74) is 10.3. The monoisotopic (exact) mass is 306 g/mol. The predicted octanol–water partition coefficient (Wildman–Crippen LogP) is 2.67. The van der Waals surface area contributed by atoms with E-state index in [9.17, 15) is 5.26 Å². The van der Waals surface area contributed by atoms with E-state index in [1.165, 1.54) is 0 Å². The number of nitrogens with zero attached hydrogens (tertiary/aromatic N) is 3. The van der Waals surface area contributed by atoms with Crippen molar-refractivity contribution in [3.05, 3.63) is 64.8 Å². The second kappa shape index (κ2) is 5.65. The number of hydrogen-bond donors (Lipinski definition) is 1. The normalized spacial score (nSPS) is 16.3. The minimum Gasteiger partial charge on any atom is -0.440 e. The molecule has 1 aromatic carbocycles. The fraction of sp³-hybridized carbons (Fsp3) is 0.222. The van der Waals surface area contributed by atoms with Gasteiger partial charge in [0.15, 0.2) is 0 Å². The number of ether oxygens (including phenoxy) is 1. The van der Waals surface area contributed by atoms with E-state index in [1.807, 2.05) is 50.2 Å². The molecule has 23 heavy (non-hydrogen) atoms. The summed E-state index contributed by atoms with van der Waals surface area (Å²) >= 11 is 0. The van der Waals surface area contributed by atoms with Crippen LogP contribution in [0.5, 0.6) is 5.75 Å². The van der Waals surface area contributed by atoms with Crippen LogP contribution in [0.3, 0.4) is 0 Å². The van der Waals surface area contributed by atoms with Gasteiger partial charge in [0.25, 0.3) is 0 Å². The summed E-state index contributed by atoms with van der Waals surface area (Å²) in [6, 6.07) is 10.1. The highest BCUT2D eigenvalue weighted by atomic mass is 16.5. The number of aromatic nitrogens is 1. The third-order valence-corrected chi connectivity index (χ3v) is 3.95. The molecule has 1 aliphatic rings. The van der Waals surface area contributed by atoms with Gasteiger partial charge in [-0.3, -0.25) is 4.98 Å². The van der Waals surface area contributed by atoms with E-state index in [-0.39, 0.29) is 11.8 Å². The first-order chi connectivity index (χ1) is 11.0. The van der Waals surface area contributed by atoms with Crippen LogP contribution >= 0.6 is 0 Å². The molecule has 0 saturated carbocycles. The van der Waals surface area contributed by atoms with E-state index in [1.54, 1.807) is 12.4 Å². The number of benzene rings is 1. The molecule has 0 saturated heterocycles. The first-order valence-corrected chi connectivity index (χ1v) is 7.31. The molecule has 0 fully saturated rings. The maximum absolute atomic E-state index is 9.53. The van der Waals surface area contributed by atoms with E-state index in [2.05, 4.69) is 11.1 Å². The number of nitriles is 1. The van der Waals surface area contributed by atoms with Crippen molar-refractivity contribution < 1.29 is 4.74 Å². The molecule has 1 aromatic heterocycles. The van der Waals surface area contributed by atoms with Crippen LogP contribution < -0.4 is 15.4 Å². The van der Waals surface area contributed by atoms with Gasteiger partial charge in [0, 0.05) is 43.8 Å². The molecule has 1 aliphatic heterocycles. The van der Waals surface area contributed by atoms with Crippen molar-refractivity contribution >= 4 is 5.69 Å².